The standard InChI is InChI=1S/C14H17ClFN3/c1-18(7-3-9-19-8-2-6-17-19)11-12-4-5-14(16)13(15)10-12/h2,4-6,8,10H,3,7,9,11H2,1H3. The molecule has 0 unspecified atom stereocenters. The average Bonchev–Trinajstić information content (AvgIpc) is 2.87. The Hall–Kier alpha value is -1.39. The molecule has 1 heterocycles. The van der Waals surface area contributed by atoms with Crippen LogP contribution < -0.4 is 0 Å². The van der Waals surface area contributed by atoms with E-state index in [1.54, 1.807) is 18.3 Å². The topological polar surface area (TPSA) is 21.1 Å². The van der Waals surface area contributed by atoms with Crippen LogP contribution in [-0.2, 0) is 13.1 Å². The summed E-state index contributed by atoms with van der Waals surface area (Å²) in [6.45, 7) is 2.62. The number of benzene rings is 1. The van der Waals surface area contributed by atoms with Crippen LogP contribution >= 0.6 is 11.6 Å². The van der Waals surface area contributed by atoms with Crippen molar-refractivity contribution in [3.63, 3.8) is 0 Å². The molecule has 0 fully saturated rings. The van der Waals surface area contributed by atoms with Gasteiger partial charge in [-0.25, -0.2) is 4.39 Å². The number of aryl methyl sites for hydroxylation is 1. The number of nitrogens with zero attached hydrogens (tertiary/aromatic N) is 3. The Morgan fingerprint density at radius 2 is 2.26 bits per heavy atom. The fourth-order valence-corrected chi connectivity index (χ4v) is 2.17. The van der Waals surface area contributed by atoms with Crippen molar-refractivity contribution in [2.45, 2.75) is 19.5 Å². The van der Waals surface area contributed by atoms with E-state index in [1.807, 2.05) is 24.0 Å². The van der Waals surface area contributed by atoms with E-state index in [0.29, 0.717) is 0 Å². The predicted molar refractivity (Wildman–Crippen MR) is 74.6 cm³/mol. The summed E-state index contributed by atoms with van der Waals surface area (Å²) in [7, 11) is 2.04. The fraction of sp³-hybridized carbons (Fsp3) is 0.357. The van der Waals surface area contributed by atoms with Crippen molar-refractivity contribution in [1.29, 1.82) is 0 Å². The normalized spacial score (nSPS) is 11.2. The van der Waals surface area contributed by atoms with Crippen LogP contribution in [0.5, 0.6) is 0 Å². The third-order valence-corrected chi connectivity index (χ3v) is 3.21. The SMILES string of the molecule is CN(CCCn1cccn1)Cc1ccc(F)c(Cl)c1. The summed E-state index contributed by atoms with van der Waals surface area (Å²) in [5.74, 6) is -0.369. The first-order valence-corrected chi connectivity index (χ1v) is 6.63. The highest BCUT2D eigenvalue weighted by molar-refractivity contribution is 6.30. The Labute approximate surface area is 117 Å². The second-order valence-electron chi connectivity index (χ2n) is 4.61. The van der Waals surface area contributed by atoms with Crippen LogP contribution in [0.4, 0.5) is 4.39 Å². The zero-order valence-corrected chi connectivity index (χ0v) is 11.6. The molecule has 0 spiro atoms. The van der Waals surface area contributed by atoms with Gasteiger partial charge >= 0.3 is 0 Å². The minimum absolute atomic E-state index is 0.183. The van der Waals surface area contributed by atoms with Crippen LogP contribution in [-0.4, -0.2) is 28.3 Å². The summed E-state index contributed by atoms with van der Waals surface area (Å²) in [5.41, 5.74) is 1.02. The molecule has 0 amide bonds. The van der Waals surface area contributed by atoms with Crippen molar-refractivity contribution >= 4 is 11.6 Å². The molecule has 0 N–H and O–H groups in total. The maximum absolute atomic E-state index is 13.0. The smallest absolute Gasteiger partial charge is 0.141 e. The average molecular weight is 282 g/mol. The molecule has 0 saturated heterocycles. The molecule has 0 atom stereocenters. The summed E-state index contributed by atoms with van der Waals surface area (Å²) in [5, 5.41) is 4.34. The largest absolute Gasteiger partial charge is 0.302 e. The van der Waals surface area contributed by atoms with E-state index in [9.17, 15) is 4.39 Å². The van der Waals surface area contributed by atoms with Crippen LogP contribution in [0.1, 0.15) is 12.0 Å². The molecule has 1 aromatic heterocycles. The first-order valence-electron chi connectivity index (χ1n) is 6.25. The van der Waals surface area contributed by atoms with Gasteiger partial charge < -0.3 is 4.90 Å². The number of hydrogen-bond donors (Lipinski definition) is 0. The van der Waals surface area contributed by atoms with Crippen molar-refractivity contribution in [3.05, 3.63) is 53.1 Å². The summed E-state index contributed by atoms with van der Waals surface area (Å²) in [6, 6.07) is 6.78. The van der Waals surface area contributed by atoms with Crippen molar-refractivity contribution in [3.8, 4) is 0 Å². The van der Waals surface area contributed by atoms with Gasteiger partial charge in [-0.2, -0.15) is 5.10 Å². The maximum atomic E-state index is 13.0. The van der Waals surface area contributed by atoms with Gasteiger partial charge in [0.15, 0.2) is 0 Å². The zero-order chi connectivity index (χ0) is 13.7. The minimum Gasteiger partial charge on any atom is -0.302 e. The molecule has 1 aromatic carbocycles. The lowest BCUT2D eigenvalue weighted by Crippen LogP contribution is -2.20. The predicted octanol–water partition coefficient (Wildman–Crippen LogP) is 3.20. The second-order valence-corrected chi connectivity index (χ2v) is 5.02. The highest BCUT2D eigenvalue weighted by Crippen LogP contribution is 2.16. The van der Waals surface area contributed by atoms with Crippen LogP contribution in [0, 0.1) is 5.82 Å². The monoisotopic (exact) mass is 281 g/mol. The Kier molecular flexibility index (Phi) is 4.93. The molecule has 5 heteroatoms. The summed E-state index contributed by atoms with van der Waals surface area (Å²) < 4.78 is 15.0. The number of hydrogen-bond acceptors (Lipinski definition) is 2. The summed E-state index contributed by atoms with van der Waals surface area (Å²) in [4.78, 5) is 2.19. The van der Waals surface area contributed by atoms with Crippen LogP contribution in [0.2, 0.25) is 5.02 Å². The molecule has 2 rings (SSSR count). The molecular formula is C14H17ClFN3. The van der Waals surface area contributed by atoms with E-state index in [2.05, 4.69) is 10.00 Å². The Balaban J connectivity index is 1.77. The molecule has 0 radical (unpaired) electrons. The van der Waals surface area contributed by atoms with Gasteiger partial charge in [0, 0.05) is 25.5 Å². The minimum atomic E-state index is -0.369. The van der Waals surface area contributed by atoms with Gasteiger partial charge in [-0.3, -0.25) is 4.68 Å². The second kappa shape index (κ2) is 6.68. The molecule has 19 heavy (non-hydrogen) atoms. The summed E-state index contributed by atoms with van der Waals surface area (Å²) >= 11 is 5.76. The Bertz CT molecular complexity index is 513. The van der Waals surface area contributed by atoms with E-state index < -0.39 is 0 Å². The molecule has 102 valence electrons. The van der Waals surface area contributed by atoms with Gasteiger partial charge in [0.2, 0.25) is 0 Å². The van der Waals surface area contributed by atoms with E-state index in [1.165, 1.54) is 6.07 Å². The van der Waals surface area contributed by atoms with Crippen molar-refractivity contribution in [2.75, 3.05) is 13.6 Å². The molecule has 0 aliphatic heterocycles. The number of aromatic nitrogens is 2. The van der Waals surface area contributed by atoms with Gasteiger partial charge in [0.25, 0.3) is 0 Å². The van der Waals surface area contributed by atoms with E-state index in [4.69, 9.17) is 11.6 Å². The van der Waals surface area contributed by atoms with Crippen LogP contribution in [0.15, 0.2) is 36.7 Å². The zero-order valence-electron chi connectivity index (χ0n) is 10.9. The first-order chi connectivity index (χ1) is 9.15. The van der Waals surface area contributed by atoms with Crippen molar-refractivity contribution in [1.82, 2.24) is 14.7 Å². The van der Waals surface area contributed by atoms with Gasteiger partial charge in [-0.1, -0.05) is 17.7 Å². The van der Waals surface area contributed by atoms with E-state index >= 15 is 0 Å². The van der Waals surface area contributed by atoms with Gasteiger partial charge in [-0.05, 0) is 43.8 Å². The molecular weight excluding hydrogens is 265 g/mol. The lowest BCUT2D eigenvalue weighted by atomic mass is 10.2. The van der Waals surface area contributed by atoms with E-state index in [0.717, 1.165) is 31.6 Å². The first kappa shape index (κ1) is 14.0. The Morgan fingerprint density at radius 3 is 2.95 bits per heavy atom. The molecule has 0 saturated carbocycles. The van der Waals surface area contributed by atoms with Gasteiger partial charge in [-0.15, -0.1) is 0 Å². The fourth-order valence-electron chi connectivity index (χ4n) is 1.96. The quantitative estimate of drug-likeness (QED) is 0.811. The molecule has 2 aromatic rings. The molecule has 0 bridgehead atoms. The molecule has 3 nitrogen and oxygen atoms in total. The van der Waals surface area contributed by atoms with Gasteiger partial charge in [0.1, 0.15) is 5.82 Å². The van der Waals surface area contributed by atoms with Crippen LogP contribution in [0.25, 0.3) is 0 Å². The number of rotatable bonds is 6. The third-order valence-electron chi connectivity index (χ3n) is 2.92. The maximum Gasteiger partial charge on any atom is 0.141 e. The molecule has 0 aliphatic carbocycles. The van der Waals surface area contributed by atoms with Gasteiger partial charge in [0.05, 0.1) is 5.02 Å². The number of halogens is 2. The van der Waals surface area contributed by atoms with Crippen molar-refractivity contribution < 1.29 is 4.39 Å². The highest BCUT2D eigenvalue weighted by atomic mass is 35.5. The summed E-state index contributed by atoms with van der Waals surface area (Å²) in [6.07, 6.45) is 4.76. The van der Waals surface area contributed by atoms with Crippen molar-refractivity contribution in [2.24, 2.45) is 0 Å². The lowest BCUT2D eigenvalue weighted by Gasteiger charge is -2.16. The van der Waals surface area contributed by atoms with Crippen LogP contribution in [0.3, 0.4) is 0 Å². The van der Waals surface area contributed by atoms with E-state index in [-0.39, 0.29) is 10.8 Å². The third kappa shape index (κ3) is 4.33. The highest BCUT2D eigenvalue weighted by Gasteiger charge is 2.04. The Morgan fingerprint density at radius 1 is 1.42 bits per heavy atom. The lowest BCUT2D eigenvalue weighted by molar-refractivity contribution is 0.311. The molecule has 0 aliphatic rings.